The summed E-state index contributed by atoms with van der Waals surface area (Å²) >= 11 is 0. The highest BCUT2D eigenvalue weighted by Crippen LogP contribution is 2.45. The van der Waals surface area contributed by atoms with Crippen molar-refractivity contribution in [2.75, 3.05) is 9.80 Å². The van der Waals surface area contributed by atoms with E-state index in [4.69, 9.17) is 0 Å². The number of hydrogen-bond acceptors (Lipinski definition) is 2. The third-order valence-electron chi connectivity index (χ3n) is 3.70. The molecule has 0 N–H and O–H groups in total. The highest BCUT2D eigenvalue weighted by Gasteiger charge is 2.27. The zero-order valence-electron chi connectivity index (χ0n) is 11.6. The van der Waals surface area contributed by atoms with Crippen LogP contribution in [0.15, 0.2) is 84.9 Å². The average Bonchev–Trinajstić information content (AvgIpc) is 2.96. The highest BCUT2D eigenvalue weighted by molar-refractivity contribution is 5.89. The molecule has 0 spiro atoms. The van der Waals surface area contributed by atoms with Crippen LogP contribution < -0.4 is 9.80 Å². The zero-order valence-corrected chi connectivity index (χ0v) is 11.6. The van der Waals surface area contributed by atoms with Gasteiger partial charge in [-0.3, -0.25) is 0 Å². The molecule has 1 aliphatic heterocycles. The second kappa shape index (κ2) is 4.98. The molecule has 2 nitrogen and oxygen atoms in total. The summed E-state index contributed by atoms with van der Waals surface area (Å²) in [5, 5.41) is 0. The van der Waals surface area contributed by atoms with Gasteiger partial charge in [-0.25, -0.2) is 0 Å². The van der Waals surface area contributed by atoms with E-state index in [0.717, 1.165) is 0 Å². The van der Waals surface area contributed by atoms with Crippen molar-refractivity contribution in [2.24, 2.45) is 0 Å². The maximum atomic E-state index is 2.22. The smallest absolute Gasteiger partial charge is 0.151 e. The molecule has 3 aromatic rings. The summed E-state index contributed by atoms with van der Waals surface area (Å²) in [6.45, 7) is 2.15. The minimum Gasteiger partial charge on any atom is -0.314 e. The third kappa shape index (κ3) is 2.05. The van der Waals surface area contributed by atoms with Crippen molar-refractivity contribution in [3.05, 3.63) is 91.6 Å². The van der Waals surface area contributed by atoms with Gasteiger partial charge in [0.05, 0.1) is 11.4 Å². The number of fused-ring (bicyclic) bond motifs is 1. The van der Waals surface area contributed by atoms with E-state index in [1.165, 1.54) is 22.7 Å². The van der Waals surface area contributed by atoms with Crippen LogP contribution in [0.1, 0.15) is 0 Å². The lowest BCUT2D eigenvalue weighted by Crippen LogP contribution is -2.17. The van der Waals surface area contributed by atoms with Gasteiger partial charge in [0.25, 0.3) is 0 Å². The highest BCUT2D eigenvalue weighted by atomic mass is 15.4. The van der Waals surface area contributed by atoms with Crippen LogP contribution >= 0.6 is 0 Å². The lowest BCUT2D eigenvalue weighted by atomic mass is 10.2. The van der Waals surface area contributed by atoms with Crippen molar-refractivity contribution < 1.29 is 0 Å². The molecular formula is C19H15N2. The quantitative estimate of drug-likeness (QED) is 0.640. The van der Waals surface area contributed by atoms with E-state index in [9.17, 15) is 0 Å². The van der Waals surface area contributed by atoms with Crippen LogP contribution in [-0.2, 0) is 0 Å². The van der Waals surface area contributed by atoms with Crippen molar-refractivity contribution in [3.63, 3.8) is 0 Å². The first kappa shape index (κ1) is 12.0. The van der Waals surface area contributed by atoms with Crippen molar-refractivity contribution >= 4 is 22.7 Å². The van der Waals surface area contributed by atoms with Gasteiger partial charge < -0.3 is 9.80 Å². The molecule has 0 amide bonds. The third-order valence-corrected chi connectivity index (χ3v) is 3.70. The molecule has 0 saturated heterocycles. The summed E-state index contributed by atoms with van der Waals surface area (Å²) in [5.74, 6) is 0. The Morgan fingerprint density at radius 3 is 1.24 bits per heavy atom. The Balaban J connectivity index is 1.81. The molecule has 1 heterocycles. The van der Waals surface area contributed by atoms with Gasteiger partial charge in [0.15, 0.2) is 6.67 Å². The summed E-state index contributed by atoms with van der Waals surface area (Å²) in [6.07, 6.45) is 0. The predicted molar refractivity (Wildman–Crippen MR) is 87.9 cm³/mol. The van der Waals surface area contributed by atoms with Gasteiger partial charge in [0.1, 0.15) is 0 Å². The summed E-state index contributed by atoms with van der Waals surface area (Å²) in [6, 6.07) is 29.3. The van der Waals surface area contributed by atoms with Gasteiger partial charge in [0, 0.05) is 11.4 Å². The van der Waals surface area contributed by atoms with Gasteiger partial charge in [0.2, 0.25) is 0 Å². The molecule has 0 bridgehead atoms. The fourth-order valence-corrected chi connectivity index (χ4v) is 2.70. The molecule has 0 aliphatic carbocycles. The summed E-state index contributed by atoms with van der Waals surface area (Å²) in [5.41, 5.74) is 4.74. The fourth-order valence-electron chi connectivity index (χ4n) is 2.70. The summed E-state index contributed by atoms with van der Waals surface area (Å²) < 4.78 is 0. The molecule has 3 aromatic carbocycles. The lowest BCUT2D eigenvalue weighted by molar-refractivity contribution is 1.13. The van der Waals surface area contributed by atoms with E-state index >= 15 is 0 Å². The topological polar surface area (TPSA) is 6.48 Å². The van der Waals surface area contributed by atoms with E-state index in [1.807, 2.05) is 12.1 Å². The van der Waals surface area contributed by atoms with Crippen LogP contribution in [0.5, 0.6) is 0 Å². The molecule has 2 heteroatoms. The van der Waals surface area contributed by atoms with Gasteiger partial charge in [-0.15, -0.1) is 0 Å². The Hall–Kier alpha value is -2.74. The monoisotopic (exact) mass is 271 g/mol. The number of rotatable bonds is 2. The van der Waals surface area contributed by atoms with Crippen LogP contribution in [0, 0.1) is 6.67 Å². The first-order valence-electron chi connectivity index (χ1n) is 7.06. The molecule has 0 aromatic heterocycles. The largest absolute Gasteiger partial charge is 0.314 e. The first-order valence-corrected chi connectivity index (χ1v) is 7.06. The average molecular weight is 271 g/mol. The summed E-state index contributed by atoms with van der Waals surface area (Å²) in [7, 11) is 0. The second-order valence-corrected chi connectivity index (χ2v) is 5.02. The van der Waals surface area contributed by atoms with Crippen molar-refractivity contribution in [2.45, 2.75) is 0 Å². The van der Waals surface area contributed by atoms with Gasteiger partial charge in [-0.1, -0.05) is 48.5 Å². The molecule has 0 saturated carbocycles. The van der Waals surface area contributed by atoms with Crippen LogP contribution in [0.2, 0.25) is 0 Å². The van der Waals surface area contributed by atoms with Crippen LogP contribution in [-0.4, -0.2) is 0 Å². The molecule has 0 atom stereocenters. The number of benzene rings is 3. The Morgan fingerprint density at radius 2 is 0.810 bits per heavy atom. The van der Waals surface area contributed by atoms with Crippen molar-refractivity contribution in [1.29, 1.82) is 0 Å². The van der Waals surface area contributed by atoms with Crippen LogP contribution in [0.4, 0.5) is 22.7 Å². The van der Waals surface area contributed by atoms with E-state index in [1.54, 1.807) is 0 Å². The Morgan fingerprint density at radius 1 is 0.429 bits per heavy atom. The first-order chi connectivity index (χ1) is 10.4. The SMILES string of the molecule is [CH]1N(c2ccccc2)c2ccccc2N1c1ccccc1. The number of nitrogens with zero attached hydrogens (tertiary/aromatic N) is 2. The Kier molecular flexibility index (Phi) is 2.86. The number of anilines is 4. The minimum atomic E-state index is 1.17. The molecule has 1 aliphatic rings. The molecule has 0 fully saturated rings. The van der Waals surface area contributed by atoms with Gasteiger partial charge >= 0.3 is 0 Å². The van der Waals surface area contributed by atoms with Gasteiger partial charge in [-0.2, -0.15) is 0 Å². The maximum absolute atomic E-state index is 2.22. The predicted octanol–water partition coefficient (Wildman–Crippen LogP) is 5.10. The normalized spacial score (nSPS) is 13.3. The number of hydrogen-bond donors (Lipinski definition) is 0. The van der Waals surface area contributed by atoms with E-state index in [-0.39, 0.29) is 0 Å². The van der Waals surface area contributed by atoms with E-state index < -0.39 is 0 Å². The second-order valence-electron chi connectivity index (χ2n) is 5.02. The van der Waals surface area contributed by atoms with E-state index in [2.05, 4.69) is 89.3 Å². The minimum absolute atomic E-state index is 1.17. The maximum Gasteiger partial charge on any atom is 0.151 e. The number of para-hydroxylation sites is 4. The molecule has 1 radical (unpaired) electrons. The Labute approximate surface area is 124 Å². The van der Waals surface area contributed by atoms with Crippen LogP contribution in [0.25, 0.3) is 0 Å². The van der Waals surface area contributed by atoms with E-state index in [0.29, 0.717) is 0 Å². The summed E-state index contributed by atoms with van der Waals surface area (Å²) in [4.78, 5) is 4.45. The molecule has 101 valence electrons. The lowest BCUT2D eigenvalue weighted by Gasteiger charge is -2.20. The standard InChI is InChI=1S/C19H15N2/c1-3-9-16(10-4-1)20-15-21(17-11-5-2-6-12-17)19-14-8-7-13-18(19)20/h1-15H. The molecule has 21 heavy (non-hydrogen) atoms. The van der Waals surface area contributed by atoms with Crippen molar-refractivity contribution in [1.82, 2.24) is 0 Å². The van der Waals surface area contributed by atoms with Crippen molar-refractivity contribution in [3.8, 4) is 0 Å². The van der Waals surface area contributed by atoms with Crippen LogP contribution in [0.3, 0.4) is 0 Å². The molecule has 0 unspecified atom stereocenters. The Bertz CT molecular complexity index is 673. The fraction of sp³-hybridized carbons (Fsp3) is 0. The zero-order chi connectivity index (χ0) is 14.1. The van der Waals surface area contributed by atoms with Gasteiger partial charge in [-0.05, 0) is 36.4 Å². The molecule has 4 rings (SSSR count). The molecular weight excluding hydrogens is 256 g/mol.